The van der Waals surface area contributed by atoms with E-state index in [0.29, 0.717) is 17.1 Å². The minimum absolute atomic E-state index is 0.249. The van der Waals surface area contributed by atoms with E-state index in [-0.39, 0.29) is 11.9 Å². The first kappa shape index (κ1) is 17.5. The summed E-state index contributed by atoms with van der Waals surface area (Å²) in [4.78, 5) is 2.02. The van der Waals surface area contributed by atoms with Crippen molar-refractivity contribution in [3.05, 3.63) is 48.5 Å². The zero-order chi connectivity index (χ0) is 16.9. The van der Waals surface area contributed by atoms with Crippen molar-refractivity contribution in [3.8, 4) is 11.5 Å². The van der Waals surface area contributed by atoms with Gasteiger partial charge in [0.05, 0.1) is 24.1 Å². The van der Waals surface area contributed by atoms with Crippen LogP contribution in [0.25, 0.3) is 0 Å². The maximum absolute atomic E-state index is 9.21. The standard InChI is InChI=1S/C12H14O3S.C6H6OS/c13-8-1-3-9(4-2-8)16-11-7-15-10-5-6-14-12(10)11;7-5-1-3-6(8)4-2-5/h1-4,10-13H,5-7H2;1-4,7-8H. The number of fused-ring (bicyclic) bond motifs is 1. The Morgan fingerprint density at radius 3 is 2.17 bits per heavy atom. The van der Waals surface area contributed by atoms with E-state index in [1.807, 2.05) is 12.1 Å². The molecule has 2 aromatic rings. The lowest BCUT2D eigenvalue weighted by atomic mass is 10.2. The van der Waals surface area contributed by atoms with Gasteiger partial charge in [0.1, 0.15) is 11.5 Å². The van der Waals surface area contributed by atoms with E-state index in [2.05, 4.69) is 12.6 Å². The molecule has 2 aliphatic heterocycles. The van der Waals surface area contributed by atoms with Crippen LogP contribution in [-0.4, -0.2) is 40.9 Å². The van der Waals surface area contributed by atoms with Crippen molar-refractivity contribution < 1.29 is 19.7 Å². The fourth-order valence-corrected chi connectivity index (χ4v) is 4.01. The van der Waals surface area contributed by atoms with E-state index in [1.54, 1.807) is 48.2 Å². The van der Waals surface area contributed by atoms with E-state index in [1.165, 1.54) is 0 Å². The Kier molecular flexibility index (Phi) is 5.94. The fourth-order valence-electron chi connectivity index (χ4n) is 2.68. The molecule has 0 saturated carbocycles. The predicted octanol–water partition coefficient (Wildman–Crippen LogP) is 3.72. The highest BCUT2D eigenvalue weighted by molar-refractivity contribution is 8.00. The number of thiol groups is 1. The van der Waals surface area contributed by atoms with Crippen LogP contribution >= 0.6 is 24.4 Å². The van der Waals surface area contributed by atoms with Gasteiger partial charge < -0.3 is 19.7 Å². The van der Waals surface area contributed by atoms with Gasteiger partial charge in [-0.05, 0) is 55.0 Å². The van der Waals surface area contributed by atoms with Gasteiger partial charge >= 0.3 is 0 Å². The van der Waals surface area contributed by atoms with Crippen molar-refractivity contribution in [1.82, 2.24) is 0 Å². The van der Waals surface area contributed by atoms with Gasteiger partial charge in [-0.3, -0.25) is 0 Å². The topological polar surface area (TPSA) is 58.9 Å². The molecule has 2 fully saturated rings. The van der Waals surface area contributed by atoms with Crippen LogP contribution in [-0.2, 0) is 9.47 Å². The molecule has 3 unspecified atom stereocenters. The van der Waals surface area contributed by atoms with E-state index in [9.17, 15) is 5.11 Å². The number of phenolic OH excluding ortho intramolecular Hbond substituents is 2. The van der Waals surface area contributed by atoms with E-state index in [4.69, 9.17) is 14.6 Å². The highest BCUT2D eigenvalue weighted by Crippen LogP contribution is 2.37. The average Bonchev–Trinajstić information content (AvgIpc) is 3.18. The van der Waals surface area contributed by atoms with E-state index >= 15 is 0 Å². The molecule has 0 bridgehead atoms. The molecule has 0 radical (unpaired) electrons. The second-order valence-electron chi connectivity index (χ2n) is 5.66. The number of hydrogen-bond donors (Lipinski definition) is 3. The Morgan fingerprint density at radius 1 is 0.917 bits per heavy atom. The van der Waals surface area contributed by atoms with Crippen molar-refractivity contribution in [2.45, 2.75) is 33.7 Å². The Hall–Kier alpha value is -1.34. The van der Waals surface area contributed by atoms with Gasteiger partial charge in [0.2, 0.25) is 0 Å². The summed E-state index contributed by atoms with van der Waals surface area (Å²) in [5.41, 5.74) is 0. The second kappa shape index (κ2) is 8.16. The summed E-state index contributed by atoms with van der Waals surface area (Å²) in [5, 5.41) is 18.3. The number of benzene rings is 2. The summed E-state index contributed by atoms with van der Waals surface area (Å²) in [5.74, 6) is 0.588. The number of ether oxygens (including phenoxy) is 2. The lowest BCUT2D eigenvalue weighted by Crippen LogP contribution is -2.24. The van der Waals surface area contributed by atoms with Crippen LogP contribution in [0.15, 0.2) is 58.3 Å². The molecule has 2 N–H and O–H groups in total. The molecule has 2 aromatic carbocycles. The van der Waals surface area contributed by atoms with Crippen molar-refractivity contribution in [3.63, 3.8) is 0 Å². The van der Waals surface area contributed by atoms with E-state index in [0.717, 1.165) is 29.4 Å². The molecule has 3 atom stereocenters. The molecular formula is C18H20O4S2. The highest BCUT2D eigenvalue weighted by Gasteiger charge is 2.42. The molecule has 2 saturated heterocycles. The van der Waals surface area contributed by atoms with Gasteiger partial charge in [-0.15, -0.1) is 24.4 Å². The molecule has 0 aliphatic carbocycles. The molecule has 128 valence electrons. The molecule has 0 aromatic heterocycles. The van der Waals surface area contributed by atoms with Gasteiger partial charge in [-0.1, -0.05) is 0 Å². The molecular weight excluding hydrogens is 344 g/mol. The van der Waals surface area contributed by atoms with Crippen LogP contribution in [0.2, 0.25) is 0 Å². The second-order valence-corrected chi connectivity index (χ2v) is 7.49. The Bertz CT molecular complexity index is 624. The third-order valence-electron chi connectivity index (χ3n) is 3.89. The van der Waals surface area contributed by atoms with Crippen LogP contribution in [0.4, 0.5) is 0 Å². The largest absolute Gasteiger partial charge is 0.508 e. The third kappa shape index (κ3) is 4.60. The van der Waals surface area contributed by atoms with Crippen LogP contribution in [0, 0.1) is 0 Å². The lowest BCUT2D eigenvalue weighted by molar-refractivity contribution is 0.0738. The van der Waals surface area contributed by atoms with Gasteiger partial charge in [0.15, 0.2) is 0 Å². The monoisotopic (exact) mass is 364 g/mol. The summed E-state index contributed by atoms with van der Waals surface area (Å²) < 4.78 is 11.4. The first-order valence-electron chi connectivity index (χ1n) is 7.79. The lowest BCUT2D eigenvalue weighted by Gasteiger charge is -2.15. The van der Waals surface area contributed by atoms with E-state index < -0.39 is 0 Å². The van der Waals surface area contributed by atoms with Gasteiger partial charge in [0, 0.05) is 16.4 Å². The molecule has 24 heavy (non-hydrogen) atoms. The van der Waals surface area contributed by atoms with Crippen LogP contribution in [0.3, 0.4) is 0 Å². The van der Waals surface area contributed by atoms with Gasteiger partial charge in [0.25, 0.3) is 0 Å². The third-order valence-corrected chi connectivity index (χ3v) is 5.44. The predicted molar refractivity (Wildman–Crippen MR) is 97.2 cm³/mol. The first-order chi connectivity index (χ1) is 11.6. The smallest absolute Gasteiger partial charge is 0.115 e. The minimum Gasteiger partial charge on any atom is -0.508 e. The van der Waals surface area contributed by atoms with Gasteiger partial charge in [-0.2, -0.15) is 0 Å². The van der Waals surface area contributed by atoms with Crippen LogP contribution in [0.1, 0.15) is 6.42 Å². The van der Waals surface area contributed by atoms with Crippen molar-refractivity contribution in [2.24, 2.45) is 0 Å². The zero-order valence-electron chi connectivity index (χ0n) is 13.0. The molecule has 4 rings (SSSR count). The van der Waals surface area contributed by atoms with Gasteiger partial charge in [-0.25, -0.2) is 0 Å². The molecule has 0 amide bonds. The van der Waals surface area contributed by atoms with Crippen LogP contribution in [0.5, 0.6) is 11.5 Å². The quantitative estimate of drug-likeness (QED) is 0.709. The number of phenols is 2. The normalized spacial score (nSPS) is 25.0. The zero-order valence-corrected chi connectivity index (χ0v) is 14.7. The summed E-state index contributed by atoms with van der Waals surface area (Å²) in [7, 11) is 0. The SMILES string of the molecule is Oc1ccc(S)cc1.Oc1ccc(SC2COC3CCOC32)cc1. The Balaban J connectivity index is 0.000000179. The Labute approximate surface area is 151 Å². The summed E-state index contributed by atoms with van der Waals surface area (Å²) in [6.45, 7) is 1.59. The number of rotatable bonds is 2. The van der Waals surface area contributed by atoms with Crippen LogP contribution < -0.4 is 0 Å². The molecule has 4 nitrogen and oxygen atoms in total. The van der Waals surface area contributed by atoms with Crippen molar-refractivity contribution in [1.29, 1.82) is 0 Å². The highest BCUT2D eigenvalue weighted by atomic mass is 32.2. The summed E-state index contributed by atoms with van der Waals surface area (Å²) in [6, 6.07) is 14.0. The molecule has 6 heteroatoms. The maximum Gasteiger partial charge on any atom is 0.115 e. The average molecular weight is 364 g/mol. The molecule has 2 aliphatic rings. The van der Waals surface area contributed by atoms with Crippen molar-refractivity contribution in [2.75, 3.05) is 13.2 Å². The van der Waals surface area contributed by atoms with Crippen molar-refractivity contribution >= 4 is 24.4 Å². The number of thioether (sulfide) groups is 1. The summed E-state index contributed by atoms with van der Waals surface area (Å²) in [6.07, 6.45) is 1.57. The maximum atomic E-state index is 9.21. The summed E-state index contributed by atoms with van der Waals surface area (Å²) >= 11 is 5.80. The minimum atomic E-state index is 0.249. The Morgan fingerprint density at radius 2 is 1.54 bits per heavy atom. The number of hydrogen-bond acceptors (Lipinski definition) is 6. The molecule has 0 spiro atoms. The fraction of sp³-hybridized carbons (Fsp3) is 0.333. The first-order valence-corrected chi connectivity index (χ1v) is 9.11. The molecule has 2 heterocycles. The number of aromatic hydroxyl groups is 2.